The molecule has 1 amide bonds. The summed E-state index contributed by atoms with van der Waals surface area (Å²) < 4.78 is 31.8. The summed E-state index contributed by atoms with van der Waals surface area (Å²) in [5.41, 5.74) is 0.501. The lowest BCUT2D eigenvalue weighted by Crippen LogP contribution is -2.31. The summed E-state index contributed by atoms with van der Waals surface area (Å²) in [5.74, 6) is 0. The summed E-state index contributed by atoms with van der Waals surface area (Å²) in [6.45, 7) is -0.135. The third kappa shape index (κ3) is 4.17. The fourth-order valence-electron chi connectivity index (χ4n) is 3.35. The molecule has 0 saturated carbocycles. The number of nitro benzene ring substituents is 1. The van der Waals surface area contributed by atoms with Crippen LogP contribution in [0.4, 0.5) is 10.5 Å². The summed E-state index contributed by atoms with van der Waals surface area (Å²) in [6.07, 6.45) is -1.14. The quantitative estimate of drug-likeness (QED) is 0.279. The first-order valence-corrected chi connectivity index (χ1v) is 10.7. The molecule has 0 unspecified atom stereocenters. The van der Waals surface area contributed by atoms with Crippen LogP contribution in [0.5, 0.6) is 0 Å². The molecular formula is C22H16N2O6S. The van der Waals surface area contributed by atoms with Gasteiger partial charge in [-0.2, -0.15) is 0 Å². The van der Waals surface area contributed by atoms with E-state index in [2.05, 4.69) is 0 Å². The number of amides is 1. The monoisotopic (exact) mass is 436 g/mol. The molecule has 4 rings (SSSR count). The largest absolute Gasteiger partial charge is 0.444 e. The van der Waals surface area contributed by atoms with Crippen LogP contribution in [-0.2, 0) is 21.4 Å². The van der Waals surface area contributed by atoms with E-state index in [9.17, 15) is 23.3 Å². The Morgan fingerprint density at radius 2 is 1.45 bits per heavy atom. The molecule has 4 aromatic carbocycles. The number of nitro groups is 1. The normalized spacial score (nSPS) is 11.4. The second-order valence-electron chi connectivity index (χ2n) is 6.73. The van der Waals surface area contributed by atoms with E-state index in [0.29, 0.717) is 0 Å². The van der Waals surface area contributed by atoms with Crippen molar-refractivity contribution in [2.75, 3.05) is 0 Å². The number of hydrogen-bond donors (Lipinski definition) is 1. The highest BCUT2D eigenvalue weighted by atomic mass is 32.2. The molecule has 0 bridgehead atoms. The van der Waals surface area contributed by atoms with Crippen LogP contribution in [0.3, 0.4) is 0 Å². The topological polar surface area (TPSA) is 116 Å². The highest BCUT2D eigenvalue weighted by molar-refractivity contribution is 7.90. The lowest BCUT2D eigenvalue weighted by molar-refractivity contribution is -0.384. The van der Waals surface area contributed by atoms with Gasteiger partial charge in [-0.25, -0.2) is 17.9 Å². The van der Waals surface area contributed by atoms with Crippen LogP contribution in [0.1, 0.15) is 5.56 Å². The van der Waals surface area contributed by atoms with Gasteiger partial charge in [-0.3, -0.25) is 10.1 Å². The second kappa shape index (κ2) is 8.04. The Morgan fingerprint density at radius 3 is 2.00 bits per heavy atom. The Kier molecular flexibility index (Phi) is 5.26. The third-order valence-electron chi connectivity index (χ3n) is 4.81. The van der Waals surface area contributed by atoms with Gasteiger partial charge >= 0.3 is 6.09 Å². The van der Waals surface area contributed by atoms with E-state index >= 15 is 0 Å². The number of carbonyl (C=O) groups excluding carboxylic acids is 1. The Balaban J connectivity index is 1.56. The van der Waals surface area contributed by atoms with E-state index in [0.717, 1.165) is 51.4 Å². The number of nitrogens with zero attached hydrogens (tertiary/aromatic N) is 1. The van der Waals surface area contributed by atoms with E-state index in [1.54, 1.807) is 0 Å². The summed E-state index contributed by atoms with van der Waals surface area (Å²) in [5, 5.41) is 14.4. The van der Waals surface area contributed by atoms with Crippen molar-refractivity contribution < 1.29 is 22.9 Å². The second-order valence-corrected chi connectivity index (χ2v) is 8.41. The minimum atomic E-state index is -4.24. The van der Waals surface area contributed by atoms with E-state index in [1.807, 2.05) is 59.3 Å². The highest BCUT2D eigenvalue weighted by Crippen LogP contribution is 2.29. The molecule has 0 spiro atoms. The van der Waals surface area contributed by atoms with Crippen molar-refractivity contribution in [3.63, 3.8) is 0 Å². The molecule has 0 aliphatic carbocycles. The number of carbonyl (C=O) groups is 1. The smallest absolute Gasteiger partial charge is 0.421 e. The molecule has 31 heavy (non-hydrogen) atoms. The molecule has 9 heteroatoms. The van der Waals surface area contributed by atoms with Crippen molar-refractivity contribution in [3.8, 4) is 0 Å². The molecule has 0 aromatic heterocycles. The lowest BCUT2D eigenvalue weighted by Gasteiger charge is -2.13. The standard InChI is InChI=1S/C22H16N2O6S/c25-22(23-31(28,29)18-11-9-17(10-12-18)24(26)27)30-14-21-19-7-3-1-5-15(19)13-16-6-2-4-8-20(16)21/h1-13H,14H2,(H,23,25). The molecule has 0 atom stereocenters. The van der Waals surface area contributed by atoms with Crippen LogP contribution in [0.15, 0.2) is 83.8 Å². The molecule has 4 aromatic rings. The molecule has 0 heterocycles. The summed E-state index contributed by atoms with van der Waals surface area (Å²) in [7, 11) is -4.24. The van der Waals surface area contributed by atoms with Crippen LogP contribution >= 0.6 is 0 Å². The fourth-order valence-corrected chi connectivity index (χ4v) is 4.24. The van der Waals surface area contributed by atoms with Gasteiger partial charge in [0.2, 0.25) is 0 Å². The SMILES string of the molecule is O=C(NS(=O)(=O)c1ccc([N+](=O)[O-])cc1)OCc1c2ccccc2cc2ccccc12. The molecule has 0 fully saturated rings. The summed E-state index contributed by atoms with van der Waals surface area (Å²) in [6, 6.07) is 21.5. The summed E-state index contributed by atoms with van der Waals surface area (Å²) >= 11 is 0. The van der Waals surface area contributed by atoms with Crippen LogP contribution < -0.4 is 4.72 Å². The predicted molar refractivity (Wildman–Crippen MR) is 115 cm³/mol. The van der Waals surface area contributed by atoms with Crippen molar-refractivity contribution in [2.45, 2.75) is 11.5 Å². The van der Waals surface area contributed by atoms with Gasteiger partial charge in [0.15, 0.2) is 0 Å². The van der Waals surface area contributed by atoms with Crippen molar-refractivity contribution in [2.24, 2.45) is 0 Å². The van der Waals surface area contributed by atoms with Gasteiger partial charge in [0.25, 0.3) is 15.7 Å². The number of benzene rings is 4. The van der Waals surface area contributed by atoms with Crippen molar-refractivity contribution in [1.29, 1.82) is 0 Å². The van der Waals surface area contributed by atoms with Crippen LogP contribution in [0.2, 0.25) is 0 Å². The zero-order valence-electron chi connectivity index (χ0n) is 16.0. The summed E-state index contributed by atoms with van der Waals surface area (Å²) in [4.78, 5) is 22.0. The maximum Gasteiger partial charge on any atom is 0.421 e. The van der Waals surface area contributed by atoms with E-state index in [4.69, 9.17) is 4.74 Å². The Hall–Kier alpha value is -3.98. The molecule has 0 saturated heterocycles. The van der Waals surface area contributed by atoms with Crippen molar-refractivity contribution >= 4 is 43.3 Å². The average molecular weight is 436 g/mol. The van der Waals surface area contributed by atoms with Gasteiger partial charge in [-0.1, -0.05) is 48.5 Å². The van der Waals surface area contributed by atoms with Gasteiger partial charge in [-0.05, 0) is 39.7 Å². The highest BCUT2D eigenvalue weighted by Gasteiger charge is 2.20. The van der Waals surface area contributed by atoms with Gasteiger partial charge < -0.3 is 4.74 Å². The maximum absolute atomic E-state index is 12.4. The minimum absolute atomic E-state index is 0.135. The van der Waals surface area contributed by atoms with E-state index in [1.165, 1.54) is 0 Å². The number of nitrogens with one attached hydrogen (secondary N) is 1. The van der Waals surface area contributed by atoms with Crippen LogP contribution in [-0.4, -0.2) is 19.4 Å². The van der Waals surface area contributed by atoms with Crippen molar-refractivity contribution in [1.82, 2.24) is 4.72 Å². The molecular weight excluding hydrogens is 420 g/mol. The predicted octanol–water partition coefficient (Wildman–Crippen LogP) is 4.52. The van der Waals surface area contributed by atoms with Gasteiger partial charge in [0, 0.05) is 17.7 Å². The van der Waals surface area contributed by atoms with Gasteiger partial charge in [0.05, 0.1) is 9.82 Å². The fraction of sp³-hybridized carbons (Fsp3) is 0.0455. The number of ether oxygens (including phenoxy) is 1. The Morgan fingerprint density at radius 1 is 0.903 bits per heavy atom. The third-order valence-corrected chi connectivity index (χ3v) is 6.13. The van der Waals surface area contributed by atoms with E-state index in [-0.39, 0.29) is 17.2 Å². The molecule has 0 aliphatic heterocycles. The number of hydrogen-bond acceptors (Lipinski definition) is 6. The zero-order valence-corrected chi connectivity index (χ0v) is 16.8. The van der Waals surface area contributed by atoms with Gasteiger partial charge in [-0.15, -0.1) is 0 Å². The first kappa shape index (κ1) is 20.3. The molecule has 0 radical (unpaired) electrons. The molecule has 8 nitrogen and oxygen atoms in total. The molecule has 156 valence electrons. The van der Waals surface area contributed by atoms with E-state index < -0.39 is 21.0 Å². The first-order valence-electron chi connectivity index (χ1n) is 9.18. The zero-order chi connectivity index (χ0) is 22.0. The first-order chi connectivity index (χ1) is 14.8. The van der Waals surface area contributed by atoms with Crippen LogP contribution in [0, 0.1) is 10.1 Å². The number of rotatable bonds is 5. The number of sulfonamides is 1. The van der Waals surface area contributed by atoms with Crippen molar-refractivity contribution in [3.05, 3.63) is 94.5 Å². The average Bonchev–Trinajstić information content (AvgIpc) is 2.76. The lowest BCUT2D eigenvalue weighted by atomic mass is 9.97. The molecule has 0 aliphatic rings. The number of fused-ring (bicyclic) bond motifs is 2. The maximum atomic E-state index is 12.4. The molecule has 1 N–H and O–H groups in total. The van der Waals surface area contributed by atoms with Crippen LogP contribution in [0.25, 0.3) is 21.5 Å². The Labute approximate surface area is 177 Å². The van der Waals surface area contributed by atoms with Gasteiger partial charge in [0.1, 0.15) is 6.61 Å². The minimum Gasteiger partial charge on any atom is -0.444 e. The number of non-ortho nitro benzene ring substituents is 1. The Bertz CT molecular complexity index is 1360.